The Kier molecular flexibility index (Phi) is 16.4. The van der Waals surface area contributed by atoms with Crippen LogP contribution in [-0.2, 0) is 14.3 Å². The maximum absolute atomic E-state index is 12.6. The Morgan fingerprint density at radius 3 is 1.45 bits per heavy atom. The van der Waals surface area contributed by atoms with Crippen molar-refractivity contribution in [1.82, 2.24) is 48.5 Å². The molecule has 21 heteroatoms. The number of carbonyl (C=O) groups is 3. The lowest BCUT2D eigenvalue weighted by Crippen LogP contribution is -2.35. The summed E-state index contributed by atoms with van der Waals surface area (Å²) in [6.07, 6.45) is 10.3. The average molecular weight is 1050 g/mol. The molecule has 2 fully saturated rings. The van der Waals surface area contributed by atoms with Crippen LogP contribution in [0.2, 0.25) is 0 Å². The predicted octanol–water partition coefficient (Wildman–Crippen LogP) is 9.51. The van der Waals surface area contributed by atoms with Crippen molar-refractivity contribution in [3.63, 3.8) is 0 Å². The summed E-state index contributed by atoms with van der Waals surface area (Å²) >= 11 is 4.71. The summed E-state index contributed by atoms with van der Waals surface area (Å²) in [7, 11) is 3.19. The van der Waals surface area contributed by atoms with Crippen LogP contribution >= 0.6 is 11.6 Å². The predicted molar refractivity (Wildman–Crippen MR) is 288 cm³/mol. The Morgan fingerprint density at radius 2 is 1.04 bits per heavy atom. The number of amides is 2. The van der Waals surface area contributed by atoms with E-state index in [1.165, 1.54) is 6.08 Å². The SMILES string of the molecule is C=CC(=O)Cl.C=CC(=O)N1CCC(c2nc(-c3ccc(Oc4cc(OC)ccn4)cc3)n3c(N)nccc23)C1.COc1ccnc(Oc2ccc(-c3nc(C4CCN(C(=O)OC(C)(C)C)C4)c4ccnc(N)n34)cc2)c1. The second-order valence-electron chi connectivity index (χ2n) is 18.4. The molecule has 2 atom stereocenters. The third-order valence-electron chi connectivity index (χ3n) is 12.2. The van der Waals surface area contributed by atoms with Gasteiger partial charge in [0.1, 0.15) is 40.2 Å². The van der Waals surface area contributed by atoms with E-state index < -0.39 is 10.8 Å². The molecule has 8 aromatic rings. The van der Waals surface area contributed by atoms with Crippen LogP contribution in [0.5, 0.6) is 34.8 Å². The number of ether oxygens (including phenoxy) is 5. The highest BCUT2D eigenvalue weighted by Gasteiger charge is 2.34. The highest BCUT2D eigenvalue weighted by molar-refractivity contribution is 6.66. The zero-order chi connectivity index (χ0) is 54.1. The maximum Gasteiger partial charge on any atom is 0.410 e. The van der Waals surface area contributed by atoms with Crippen molar-refractivity contribution >= 4 is 51.8 Å². The average Bonchev–Trinajstić information content (AvgIpc) is 4.26. The van der Waals surface area contributed by atoms with Crippen LogP contribution in [0.1, 0.15) is 56.8 Å². The minimum absolute atomic E-state index is 0.0554. The quantitative estimate of drug-likeness (QED) is 0.0855. The number of fused-ring (bicyclic) bond motifs is 2. The number of imidazole rings is 2. The van der Waals surface area contributed by atoms with E-state index in [-0.39, 0.29) is 23.8 Å². The fraction of sp³-hybridized carbons (Fsp3) is 0.255. The third kappa shape index (κ3) is 12.5. The molecule has 0 bridgehead atoms. The second kappa shape index (κ2) is 23.4. The number of pyridine rings is 2. The molecule has 0 spiro atoms. The van der Waals surface area contributed by atoms with Crippen LogP contribution in [0.4, 0.5) is 16.7 Å². The Bertz CT molecular complexity index is 3390. The van der Waals surface area contributed by atoms with E-state index in [1.807, 2.05) is 90.2 Å². The highest BCUT2D eigenvalue weighted by atomic mass is 35.5. The van der Waals surface area contributed by atoms with Gasteiger partial charge in [0, 0.05) is 86.1 Å². The van der Waals surface area contributed by atoms with E-state index >= 15 is 0 Å². The lowest BCUT2D eigenvalue weighted by atomic mass is 10.0. The van der Waals surface area contributed by atoms with Crippen molar-refractivity contribution in [3.8, 4) is 57.5 Å². The molecule has 20 nitrogen and oxygen atoms in total. The van der Waals surface area contributed by atoms with Crippen molar-refractivity contribution < 1.29 is 38.1 Å². The van der Waals surface area contributed by atoms with Gasteiger partial charge in [-0.2, -0.15) is 0 Å². The number of halogens is 1. The number of carbonyl (C=O) groups excluding carboxylic acids is 3. The van der Waals surface area contributed by atoms with Crippen LogP contribution in [0.3, 0.4) is 0 Å². The molecule has 392 valence electrons. The lowest BCUT2D eigenvalue weighted by molar-refractivity contribution is -0.125. The molecule has 2 amide bonds. The molecule has 2 aliphatic rings. The van der Waals surface area contributed by atoms with E-state index in [9.17, 15) is 14.4 Å². The van der Waals surface area contributed by atoms with Gasteiger partial charge in [0.2, 0.25) is 34.8 Å². The standard InChI is InChI=1S/C27H30N6O4.C25H24N6O3.C3H3ClO/c1-27(2,3)37-26(34)32-14-11-18(16-32)23-21-10-13-30-25(28)33(21)24(31-23)17-5-7-19(8-6-17)36-22-15-20(35-4)9-12-29-22;1-3-22(32)30-13-10-17(15-30)23-20-9-12-28-25(26)31(20)24(29-23)16-4-6-18(7-5-16)34-21-14-19(33-2)8-11-27-21;1-2-3(4)5/h5-10,12-13,15,18H,11,14,16H2,1-4H3,(H2,28,30);3-9,11-12,14,17H,1,10,13,15H2,2H3,(H2,26,28);2H,1H2. The van der Waals surface area contributed by atoms with E-state index in [0.29, 0.717) is 84.5 Å². The number of methoxy groups -OCH3 is 2. The van der Waals surface area contributed by atoms with E-state index in [2.05, 4.69) is 33.1 Å². The first-order valence-electron chi connectivity index (χ1n) is 24.1. The van der Waals surface area contributed by atoms with Crippen LogP contribution < -0.4 is 30.4 Å². The molecule has 0 aliphatic carbocycles. The molecule has 2 aromatic carbocycles. The first kappa shape index (κ1) is 53.3. The number of allylic oxidation sites excluding steroid dienone is 1. The number of nitrogens with zero attached hydrogens (tertiary/aromatic N) is 10. The number of aromatic nitrogens is 8. The number of nitrogen functional groups attached to an aromatic ring is 2. The van der Waals surface area contributed by atoms with Gasteiger partial charge in [-0.1, -0.05) is 13.2 Å². The first-order chi connectivity index (χ1) is 36.6. The highest BCUT2D eigenvalue weighted by Crippen LogP contribution is 2.37. The fourth-order valence-corrected chi connectivity index (χ4v) is 8.68. The molecule has 6 aromatic heterocycles. The van der Waals surface area contributed by atoms with Crippen molar-refractivity contribution in [2.75, 3.05) is 51.9 Å². The van der Waals surface area contributed by atoms with Crippen LogP contribution in [0.15, 0.2) is 135 Å². The van der Waals surface area contributed by atoms with Crippen molar-refractivity contribution in [3.05, 3.63) is 146 Å². The van der Waals surface area contributed by atoms with Crippen molar-refractivity contribution in [2.24, 2.45) is 0 Å². The second-order valence-corrected chi connectivity index (χ2v) is 18.8. The summed E-state index contributed by atoms with van der Waals surface area (Å²) in [6, 6.07) is 25.8. The minimum atomic E-state index is -0.540. The van der Waals surface area contributed by atoms with Crippen molar-refractivity contribution in [1.29, 1.82) is 0 Å². The largest absolute Gasteiger partial charge is 0.497 e. The zero-order valence-corrected chi connectivity index (χ0v) is 43.4. The van der Waals surface area contributed by atoms with E-state index in [0.717, 1.165) is 52.5 Å². The molecular formula is C55H57ClN12O8. The van der Waals surface area contributed by atoms with E-state index in [1.54, 1.807) is 73.1 Å². The summed E-state index contributed by atoms with van der Waals surface area (Å²) in [5, 5.41) is -0.509. The topological polar surface area (TPSA) is 242 Å². The molecule has 0 radical (unpaired) electrons. The summed E-state index contributed by atoms with van der Waals surface area (Å²) < 4.78 is 31.4. The number of rotatable bonds is 12. The Balaban J connectivity index is 0.000000186. The van der Waals surface area contributed by atoms with Crippen LogP contribution in [0.25, 0.3) is 33.8 Å². The number of hydrogen-bond acceptors (Lipinski definition) is 16. The van der Waals surface area contributed by atoms with Gasteiger partial charge in [-0.05, 0) is 130 Å². The number of likely N-dealkylation sites (tertiary alicyclic amines) is 2. The molecular weight excluding hydrogens is 992 g/mol. The van der Waals surface area contributed by atoms with Crippen LogP contribution in [-0.4, -0.2) is 112 Å². The van der Waals surface area contributed by atoms with Gasteiger partial charge in [-0.3, -0.25) is 18.4 Å². The third-order valence-corrected chi connectivity index (χ3v) is 12.4. The van der Waals surface area contributed by atoms with Gasteiger partial charge < -0.3 is 45.0 Å². The Labute approximate surface area is 443 Å². The summed E-state index contributed by atoms with van der Waals surface area (Å²) in [4.78, 5) is 64.6. The van der Waals surface area contributed by atoms with Crippen molar-refractivity contribution in [2.45, 2.75) is 51.0 Å². The summed E-state index contributed by atoms with van der Waals surface area (Å²) in [5.74, 6) is 5.63. The Hall–Kier alpha value is -9.04. The van der Waals surface area contributed by atoms with Gasteiger partial charge in [-0.15, -0.1) is 0 Å². The number of nitrogens with two attached hydrogens (primary N) is 2. The molecule has 2 aliphatic heterocycles. The fourth-order valence-electron chi connectivity index (χ4n) is 8.68. The number of benzene rings is 2. The van der Waals surface area contributed by atoms with Gasteiger partial charge in [0.25, 0.3) is 0 Å². The molecule has 8 heterocycles. The van der Waals surface area contributed by atoms with Crippen LogP contribution in [0, 0.1) is 0 Å². The zero-order valence-electron chi connectivity index (χ0n) is 42.6. The van der Waals surface area contributed by atoms with Gasteiger partial charge >= 0.3 is 6.09 Å². The molecule has 2 saturated heterocycles. The number of anilines is 2. The Morgan fingerprint density at radius 1 is 0.618 bits per heavy atom. The smallest absolute Gasteiger partial charge is 0.410 e. The van der Waals surface area contributed by atoms with Gasteiger partial charge in [0.15, 0.2) is 0 Å². The monoisotopic (exact) mass is 1050 g/mol. The van der Waals surface area contributed by atoms with Gasteiger partial charge in [-0.25, -0.2) is 34.7 Å². The summed E-state index contributed by atoms with van der Waals surface area (Å²) in [6.45, 7) is 14.7. The molecule has 0 saturated carbocycles. The maximum atomic E-state index is 12.6. The lowest BCUT2D eigenvalue weighted by Gasteiger charge is -2.24. The first-order valence-corrected chi connectivity index (χ1v) is 24.5. The minimum Gasteiger partial charge on any atom is -0.497 e. The molecule has 76 heavy (non-hydrogen) atoms. The van der Waals surface area contributed by atoms with Gasteiger partial charge in [0.05, 0.1) is 36.6 Å². The molecule has 2 unspecified atom stereocenters. The normalized spacial score (nSPS) is 15.0. The molecule has 10 rings (SSSR count). The summed E-state index contributed by atoms with van der Waals surface area (Å²) in [5.41, 5.74) is 17.3. The molecule has 4 N–H and O–H groups in total. The number of hydrogen-bond donors (Lipinski definition) is 2. The van der Waals surface area contributed by atoms with E-state index in [4.69, 9.17) is 56.7 Å².